The number of aromatic carboxylic acids is 1. The van der Waals surface area contributed by atoms with Crippen molar-refractivity contribution in [1.82, 2.24) is 0 Å². The van der Waals surface area contributed by atoms with Crippen molar-refractivity contribution in [3.63, 3.8) is 0 Å². The summed E-state index contributed by atoms with van der Waals surface area (Å²) in [6.45, 7) is 2.22. The lowest BCUT2D eigenvalue weighted by molar-refractivity contribution is 0.0696. The minimum Gasteiger partial charge on any atom is -0.478 e. The maximum atomic E-state index is 10.2. The molecular formula is C33H48O4. The maximum Gasteiger partial charge on any atom is 0.335 e. The summed E-state index contributed by atoms with van der Waals surface area (Å²) in [7, 11) is 0. The Labute approximate surface area is 226 Å². The van der Waals surface area contributed by atoms with Crippen molar-refractivity contribution >= 4 is 12.3 Å². The second-order valence-electron chi connectivity index (χ2n) is 6.50. The molecule has 0 radical (unpaired) electrons. The summed E-state index contributed by atoms with van der Waals surface area (Å²) in [6, 6.07) is 37.2. The number of carboxylic acids is 1. The fourth-order valence-electron chi connectivity index (χ4n) is 2.23. The quantitative estimate of drug-likeness (QED) is 0.270. The van der Waals surface area contributed by atoms with E-state index in [1.54, 1.807) is 42.5 Å². The van der Waals surface area contributed by atoms with Crippen molar-refractivity contribution in [1.29, 1.82) is 0 Å². The van der Waals surface area contributed by atoms with Crippen LogP contribution in [0, 0.1) is 6.92 Å². The predicted octanol–water partition coefficient (Wildman–Crippen LogP) is 9.24. The molecule has 0 bridgehead atoms. The fourth-order valence-corrected chi connectivity index (χ4v) is 2.23. The SMILES string of the molecule is C.C.C.C.C.Cc1ccccc1.O=C(O)c1ccccc1.O=Cc1ccccc1.OCc1ccccc1. The number of hydrogen-bond donors (Lipinski definition) is 2. The van der Waals surface area contributed by atoms with Crippen LogP contribution in [0.25, 0.3) is 0 Å². The molecule has 0 heterocycles. The van der Waals surface area contributed by atoms with E-state index in [2.05, 4.69) is 19.1 Å². The molecule has 4 aromatic rings. The Kier molecular flexibility index (Phi) is 32.9. The van der Waals surface area contributed by atoms with Gasteiger partial charge in [-0.25, -0.2) is 4.79 Å². The molecule has 0 spiro atoms. The van der Waals surface area contributed by atoms with E-state index >= 15 is 0 Å². The molecule has 0 saturated heterocycles. The van der Waals surface area contributed by atoms with E-state index in [-0.39, 0.29) is 43.7 Å². The molecule has 4 rings (SSSR count). The van der Waals surface area contributed by atoms with Gasteiger partial charge in [-0.15, -0.1) is 0 Å². The minimum atomic E-state index is -0.879. The highest BCUT2D eigenvalue weighted by Crippen LogP contribution is 1.97. The van der Waals surface area contributed by atoms with Crippen molar-refractivity contribution in [2.45, 2.75) is 50.7 Å². The Morgan fingerprint density at radius 2 is 0.973 bits per heavy atom. The lowest BCUT2D eigenvalue weighted by Gasteiger charge is -1.89. The van der Waals surface area contributed by atoms with Crippen LogP contribution < -0.4 is 0 Å². The number of carbonyl (C=O) groups is 2. The molecule has 0 unspecified atom stereocenters. The highest BCUT2D eigenvalue weighted by molar-refractivity contribution is 5.87. The average Bonchev–Trinajstić information content (AvgIpc) is 2.87. The van der Waals surface area contributed by atoms with Crippen LogP contribution in [0.5, 0.6) is 0 Å². The number of benzene rings is 4. The maximum absolute atomic E-state index is 10.2. The van der Waals surface area contributed by atoms with E-state index in [0.717, 1.165) is 17.4 Å². The van der Waals surface area contributed by atoms with E-state index in [0.29, 0.717) is 5.56 Å². The summed E-state index contributed by atoms with van der Waals surface area (Å²) >= 11 is 0. The number of aryl methyl sites for hydroxylation is 1. The third-order valence-corrected chi connectivity index (χ3v) is 3.92. The van der Waals surface area contributed by atoms with Gasteiger partial charge in [0, 0.05) is 5.56 Å². The highest BCUT2D eigenvalue weighted by atomic mass is 16.4. The molecule has 0 saturated carbocycles. The molecule has 0 atom stereocenters. The summed E-state index contributed by atoms with van der Waals surface area (Å²) in [5, 5.41) is 16.9. The average molecular weight is 509 g/mol. The zero-order valence-corrected chi connectivity index (χ0v) is 18.0. The number of rotatable bonds is 3. The van der Waals surface area contributed by atoms with Crippen molar-refractivity contribution in [2.24, 2.45) is 0 Å². The van der Waals surface area contributed by atoms with Gasteiger partial charge in [0.25, 0.3) is 0 Å². The molecule has 204 valence electrons. The van der Waals surface area contributed by atoms with E-state index in [4.69, 9.17) is 10.2 Å². The van der Waals surface area contributed by atoms with Crippen molar-refractivity contribution < 1.29 is 19.8 Å². The number of carbonyl (C=O) groups excluding carboxylic acids is 1. The van der Waals surface area contributed by atoms with E-state index in [9.17, 15) is 9.59 Å². The summed E-state index contributed by atoms with van der Waals surface area (Å²) < 4.78 is 0. The Morgan fingerprint density at radius 1 is 0.622 bits per heavy atom. The Bertz CT molecular complexity index is 987. The Morgan fingerprint density at radius 3 is 1.19 bits per heavy atom. The molecule has 4 aromatic carbocycles. The predicted molar refractivity (Wildman–Crippen MR) is 162 cm³/mol. The van der Waals surface area contributed by atoms with Gasteiger partial charge in [-0.2, -0.15) is 0 Å². The molecule has 0 aliphatic carbocycles. The van der Waals surface area contributed by atoms with Gasteiger partial charge in [0.05, 0.1) is 12.2 Å². The Balaban J connectivity index is -0.000000118. The first-order chi connectivity index (χ1) is 15.6. The monoisotopic (exact) mass is 508 g/mol. The molecule has 0 aliphatic heterocycles. The van der Waals surface area contributed by atoms with Crippen LogP contribution in [0.1, 0.15) is 69.0 Å². The van der Waals surface area contributed by atoms with Crippen LogP contribution in [0.4, 0.5) is 0 Å². The normalized spacial score (nSPS) is 7.62. The smallest absolute Gasteiger partial charge is 0.335 e. The van der Waals surface area contributed by atoms with Gasteiger partial charge in [0.1, 0.15) is 6.29 Å². The first-order valence-electron chi connectivity index (χ1n) is 10.0. The third kappa shape index (κ3) is 22.2. The van der Waals surface area contributed by atoms with Gasteiger partial charge in [-0.05, 0) is 24.6 Å². The molecular weight excluding hydrogens is 460 g/mol. The van der Waals surface area contributed by atoms with Gasteiger partial charge in [-0.1, -0.05) is 152 Å². The van der Waals surface area contributed by atoms with Crippen molar-refractivity contribution in [3.05, 3.63) is 144 Å². The standard InChI is InChI=1S/C7H6O2.C7H8O.C7H6O.C7H8.5CH4/c8-7(9)6-4-2-1-3-5-6;2*8-6-7-4-2-1-3-5-7;1-7-5-3-2-4-6-7;;;;;/h1-5H,(H,8,9);1-5,8H,6H2;1-6H;2-6H,1H3;5*1H4. The van der Waals surface area contributed by atoms with Crippen LogP contribution in [0.15, 0.2) is 121 Å². The summed E-state index contributed by atoms with van der Waals surface area (Å²) in [5.74, 6) is -0.879. The molecule has 0 fully saturated rings. The second-order valence-corrected chi connectivity index (χ2v) is 6.50. The van der Waals surface area contributed by atoms with Crippen LogP contribution in [0.2, 0.25) is 0 Å². The first kappa shape index (κ1) is 43.1. The van der Waals surface area contributed by atoms with Crippen LogP contribution >= 0.6 is 0 Å². The zero-order valence-electron chi connectivity index (χ0n) is 18.0. The molecule has 4 heteroatoms. The lowest BCUT2D eigenvalue weighted by atomic mass is 10.2. The topological polar surface area (TPSA) is 74.6 Å². The summed E-state index contributed by atoms with van der Waals surface area (Å²) in [6.07, 6.45) is 0.833. The number of hydrogen-bond acceptors (Lipinski definition) is 3. The largest absolute Gasteiger partial charge is 0.478 e. The highest BCUT2D eigenvalue weighted by Gasteiger charge is 1.96. The fraction of sp³-hybridized carbons (Fsp3) is 0.212. The number of aliphatic hydroxyl groups is 1. The summed E-state index contributed by atoms with van der Waals surface area (Å²) in [5.41, 5.74) is 3.35. The van der Waals surface area contributed by atoms with Gasteiger partial charge in [0.15, 0.2) is 0 Å². The number of aliphatic hydroxyl groups excluding tert-OH is 1. The van der Waals surface area contributed by atoms with E-state index in [1.807, 2.05) is 66.7 Å². The van der Waals surface area contributed by atoms with Crippen LogP contribution in [-0.2, 0) is 6.61 Å². The third-order valence-electron chi connectivity index (χ3n) is 3.92. The first-order valence-corrected chi connectivity index (χ1v) is 10.0. The second kappa shape index (κ2) is 28.2. The zero-order chi connectivity index (χ0) is 23.4. The molecule has 2 N–H and O–H groups in total. The molecule has 37 heavy (non-hydrogen) atoms. The van der Waals surface area contributed by atoms with E-state index in [1.165, 1.54) is 5.56 Å². The molecule has 4 nitrogen and oxygen atoms in total. The van der Waals surface area contributed by atoms with Crippen molar-refractivity contribution in [2.75, 3.05) is 0 Å². The number of carboxylic acid groups (broad SMARTS) is 1. The van der Waals surface area contributed by atoms with Crippen molar-refractivity contribution in [3.8, 4) is 0 Å². The van der Waals surface area contributed by atoms with Crippen LogP contribution in [-0.4, -0.2) is 22.5 Å². The van der Waals surface area contributed by atoms with Gasteiger partial charge < -0.3 is 10.2 Å². The van der Waals surface area contributed by atoms with E-state index < -0.39 is 5.97 Å². The molecule has 0 amide bonds. The van der Waals surface area contributed by atoms with Gasteiger partial charge >= 0.3 is 5.97 Å². The van der Waals surface area contributed by atoms with Crippen LogP contribution in [0.3, 0.4) is 0 Å². The number of aldehydes is 1. The summed E-state index contributed by atoms with van der Waals surface area (Å²) in [4.78, 5) is 20.2. The Hall–Kier alpha value is -4.02. The molecule has 0 aromatic heterocycles. The minimum absolute atomic E-state index is 0. The molecule has 0 aliphatic rings. The van der Waals surface area contributed by atoms with Gasteiger partial charge in [0.2, 0.25) is 0 Å². The van der Waals surface area contributed by atoms with Gasteiger partial charge in [-0.3, -0.25) is 4.79 Å². The lowest BCUT2D eigenvalue weighted by Crippen LogP contribution is -1.93.